The van der Waals surface area contributed by atoms with Gasteiger partial charge in [-0.3, -0.25) is 3.92 Å². The van der Waals surface area contributed by atoms with Gasteiger partial charge in [-0.25, -0.2) is 0 Å². The number of halogens is 1. The van der Waals surface area contributed by atoms with Crippen molar-refractivity contribution < 1.29 is 19.5 Å². The SMILES string of the molecule is C[C-](C)I.[Zn]. The molecule has 0 heterocycles. The van der Waals surface area contributed by atoms with Gasteiger partial charge in [0, 0.05) is 19.5 Å². The monoisotopic (exact) mass is 233 g/mol. The van der Waals surface area contributed by atoms with Crippen LogP contribution in [0.15, 0.2) is 0 Å². The fraction of sp³-hybridized carbons (Fsp3) is 0.667. The number of hydrogen-bond acceptors (Lipinski definition) is 0. The van der Waals surface area contributed by atoms with E-state index in [4.69, 9.17) is 0 Å². The molecule has 0 aliphatic carbocycles. The summed E-state index contributed by atoms with van der Waals surface area (Å²) in [5, 5.41) is 0. The summed E-state index contributed by atoms with van der Waals surface area (Å²) in [6.45, 7) is 4.14. The molecule has 0 unspecified atom stereocenters. The summed E-state index contributed by atoms with van der Waals surface area (Å²) in [6, 6.07) is 0. The molecule has 0 fully saturated rings. The average molecular weight is 234 g/mol. The van der Waals surface area contributed by atoms with Crippen molar-refractivity contribution in [1.29, 1.82) is 0 Å². The van der Waals surface area contributed by atoms with Gasteiger partial charge in [-0.2, -0.15) is 13.8 Å². The van der Waals surface area contributed by atoms with Crippen LogP contribution in [0.4, 0.5) is 0 Å². The largest absolute Gasteiger partial charge is 0.313 e. The summed E-state index contributed by atoms with van der Waals surface area (Å²) in [7, 11) is 0. The van der Waals surface area contributed by atoms with Crippen LogP contribution in [-0.2, 0) is 19.5 Å². The zero-order valence-corrected chi connectivity index (χ0v) is 8.71. The predicted octanol–water partition coefficient (Wildman–Crippen LogP) is 1.99. The normalized spacial score (nSPS) is 7.20. The van der Waals surface area contributed by atoms with Gasteiger partial charge in [-0.15, -0.1) is 0 Å². The molecule has 0 N–H and O–H groups in total. The quantitative estimate of drug-likeness (QED) is 0.342. The first-order valence-electron chi connectivity index (χ1n) is 1.19. The van der Waals surface area contributed by atoms with Crippen molar-refractivity contribution in [3.63, 3.8) is 0 Å². The van der Waals surface area contributed by atoms with Gasteiger partial charge in [0.15, 0.2) is 0 Å². The molecule has 28 valence electrons. The van der Waals surface area contributed by atoms with E-state index in [0.717, 1.165) is 0 Å². The molecule has 0 spiro atoms. The van der Waals surface area contributed by atoms with Crippen molar-refractivity contribution in [2.45, 2.75) is 13.8 Å². The van der Waals surface area contributed by atoms with E-state index in [-0.39, 0.29) is 19.5 Å². The van der Waals surface area contributed by atoms with Crippen LogP contribution in [0.1, 0.15) is 13.8 Å². The predicted molar refractivity (Wildman–Crippen MR) is 28.6 cm³/mol. The van der Waals surface area contributed by atoms with Crippen molar-refractivity contribution in [2.24, 2.45) is 0 Å². The van der Waals surface area contributed by atoms with Crippen LogP contribution >= 0.6 is 22.6 Å². The molecular weight excluding hydrogens is 228 g/mol. The van der Waals surface area contributed by atoms with E-state index in [1.54, 1.807) is 0 Å². The van der Waals surface area contributed by atoms with Crippen LogP contribution in [0, 0.1) is 3.92 Å². The molecule has 0 atom stereocenters. The second-order valence-electron chi connectivity index (χ2n) is 0.878. The minimum Gasteiger partial charge on any atom is -0.313 e. The minimum atomic E-state index is 0. The van der Waals surface area contributed by atoms with Crippen molar-refractivity contribution in [1.82, 2.24) is 0 Å². The van der Waals surface area contributed by atoms with Gasteiger partial charge >= 0.3 is 0 Å². The maximum atomic E-state index is 2.26. The Hall–Kier alpha value is 1.35. The fourth-order valence-corrected chi connectivity index (χ4v) is 0. The van der Waals surface area contributed by atoms with E-state index in [0.29, 0.717) is 0 Å². The van der Waals surface area contributed by atoms with Crippen LogP contribution in [-0.4, -0.2) is 0 Å². The standard InChI is InChI=1S/C3H6I.Zn/c1-3(2)4;/h1-2H3;/q-1;. The number of rotatable bonds is 0. The van der Waals surface area contributed by atoms with Crippen molar-refractivity contribution in [2.75, 3.05) is 0 Å². The average Bonchev–Trinajstić information content (AvgIpc) is 0.811. The van der Waals surface area contributed by atoms with Gasteiger partial charge in [0.25, 0.3) is 0 Å². The van der Waals surface area contributed by atoms with Crippen LogP contribution in [0.2, 0.25) is 0 Å². The van der Waals surface area contributed by atoms with Gasteiger partial charge in [0.2, 0.25) is 0 Å². The smallest absolute Gasteiger partial charge is 0 e. The zero-order valence-electron chi connectivity index (χ0n) is 3.59. The molecule has 0 bridgehead atoms. The van der Waals surface area contributed by atoms with E-state index in [1.807, 2.05) is 0 Å². The molecule has 0 aromatic heterocycles. The van der Waals surface area contributed by atoms with Gasteiger partial charge in [-0.1, -0.05) is 0 Å². The van der Waals surface area contributed by atoms with Gasteiger partial charge in [0.1, 0.15) is 0 Å². The van der Waals surface area contributed by atoms with Gasteiger partial charge < -0.3 is 22.6 Å². The Kier molecular flexibility index (Phi) is 10.3. The Balaban J connectivity index is 0. The summed E-state index contributed by atoms with van der Waals surface area (Å²) < 4.78 is 1.39. The first kappa shape index (κ1) is 9.61. The molecule has 0 aromatic rings. The summed E-state index contributed by atoms with van der Waals surface area (Å²) in [5.74, 6) is 0. The van der Waals surface area contributed by atoms with E-state index in [9.17, 15) is 0 Å². The third-order valence-electron chi connectivity index (χ3n) is 0. The van der Waals surface area contributed by atoms with Crippen LogP contribution in [0.3, 0.4) is 0 Å². The molecule has 0 rings (SSSR count). The molecular formula is C3H6IZn-. The molecule has 2 heteroatoms. The Morgan fingerprint density at radius 2 is 1.40 bits per heavy atom. The first-order valence-corrected chi connectivity index (χ1v) is 2.27. The van der Waals surface area contributed by atoms with Crippen LogP contribution < -0.4 is 0 Å². The van der Waals surface area contributed by atoms with E-state index in [2.05, 4.69) is 36.4 Å². The fourth-order valence-electron chi connectivity index (χ4n) is 0. The second-order valence-corrected chi connectivity index (χ2v) is 3.04. The Morgan fingerprint density at radius 1 is 1.40 bits per heavy atom. The maximum absolute atomic E-state index is 2.26. The molecule has 0 amide bonds. The summed E-state index contributed by atoms with van der Waals surface area (Å²) in [5.41, 5.74) is 0. The van der Waals surface area contributed by atoms with Gasteiger partial charge in [0.05, 0.1) is 0 Å². The summed E-state index contributed by atoms with van der Waals surface area (Å²) in [6.07, 6.45) is 0. The Bertz CT molecular complexity index is 11.6. The maximum Gasteiger partial charge on any atom is 0 e. The molecule has 0 aliphatic rings. The Labute approximate surface area is 59.6 Å². The zero-order chi connectivity index (χ0) is 3.58. The molecule has 0 nitrogen and oxygen atoms in total. The third kappa shape index (κ3) is 32.9. The second kappa shape index (κ2) is 5.35. The van der Waals surface area contributed by atoms with E-state index < -0.39 is 0 Å². The molecule has 0 aliphatic heterocycles. The number of hydrogen-bond donors (Lipinski definition) is 0. The van der Waals surface area contributed by atoms with Crippen LogP contribution in [0.25, 0.3) is 0 Å². The summed E-state index contributed by atoms with van der Waals surface area (Å²) >= 11 is 2.26. The van der Waals surface area contributed by atoms with E-state index in [1.165, 1.54) is 3.92 Å². The van der Waals surface area contributed by atoms with Gasteiger partial charge in [-0.05, 0) is 0 Å². The first-order chi connectivity index (χ1) is 1.73. The van der Waals surface area contributed by atoms with Crippen molar-refractivity contribution in [3.8, 4) is 0 Å². The van der Waals surface area contributed by atoms with Crippen LogP contribution in [0.5, 0.6) is 0 Å². The summed E-state index contributed by atoms with van der Waals surface area (Å²) in [4.78, 5) is 0. The molecule has 0 saturated heterocycles. The molecule has 0 saturated carbocycles. The van der Waals surface area contributed by atoms with Crippen molar-refractivity contribution in [3.05, 3.63) is 3.92 Å². The molecule has 0 radical (unpaired) electrons. The third-order valence-corrected chi connectivity index (χ3v) is 0. The minimum absolute atomic E-state index is 0. The van der Waals surface area contributed by atoms with E-state index >= 15 is 0 Å². The Morgan fingerprint density at radius 3 is 1.40 bits per heavy atom. The van der Waals surface area contributed by atoms with Crippen molar-refractivity contribution >= 4 is 22.6 Å². The molecule has 0 aromatic carbocycles. The topological polar surface area (TPSA) is 0 Å². The molecule has 5 heavy (non-hydrogen) atoms.